The normalized spacial score (nSPS) is 10.4. The zero-order valence-electron chi connectivity index (χ0n) is 13.0. The molecule has 0 bridgehead atoms. The quantitative estimate of drug-likeness (QED) is 0.395. The van der Waals surface area contributed by atoms with Crippen LogP contribution in [-0.2, 0) is 4.74 Å². The van der Waals surface area contributed by atoms with Crippen molar-refractivity contribution in [3.05, 3.63) is 62.5 Å². The Labute approximate surface area is 132 Å². The van der Waals surface area contributed by atoms with Crippen molar-refractivity contribution in [2.75, 3.05) is 6.61 Å². The van der Waals surface area contributed by atoms with Crippen LogP contribution in [0.5, 0.6) is 0 Å². The van der Waals surface area contributed by atoms with Crippen LogP contribution in [0.15, 0.2) is 24.3 Å². The highest BCUT2D eigenvalue weighted by Gasteiger charge is 2.24. The van der Waals surface area contributed by atoms with Gasteiger partial charge in [-0.2, -0.15) is 0 Å². The van der Waals surface area contributed by atoms with Crippen LogP contribution in [0.2, 0.25) is 0 Å². The fourth-order valence-corrected chi connectivity index (χ4v) is 2.40. The first-order valence-electron chi connectivity index (χ1n) is 7.02. The summed E-state index contributed by atoms with van der Waals surface area (Å²) in [5.74, 6) is -0.915. The molecule has 0 radical (unpaired) electrons. The molecular formula is C16H16N2O5. The Kier molecular flexibility index (Phi) is 4.59. The number of esters is 1. The lowest BCUT2D eigenvalue weighted by atomic mass is 9.99. The van der Waals surface area contributed by atoms with Crippen molar-refractivity contribution in [2.24, 2.45) is 0 Å². The second-order valence-electron chi connectivity index (χ2n) is 4.98. The third kappa shape index (κ3) is 3.13. The van der Waals surface area contributed by atoms with E-state index < -0.39 is 10.9 Å². The summed E-state index contributed by atoms with van der Waals surface area (Å²) in [4.78, 5) is 37.7. The van der Waals surface area contributed by atoms with Crippen molar-refractivity contribution in [1.29, 1.82) is 0 Å². The number of carbonyl (C=O) groups excluding carboxylic acids is 2. The SMILES string of the molecule is CCOC(=O)c1[nH]c(C)c(C(=O)c2cccc([N+](=O)[O-])c2)c1C. The van der Waals surface area contributed by atoms with E-state index >= 15 is 0 Å². The van der Waals surface area contributed by atoms with Crippen molar-refractivity contribution >= 4 is 17.4 Å². The third-order valence-electron chi connectivity index (χ3n) is 3.46. The summed E-state index contributed by atoms with van der Waals surface area (Å²) in [5.41, 5.74) is 1.57. The molecule has 1 heterocycles. The lowest BCUT2D eigenvalue weighted by Gasteiger charge is -2.03. The molecule has 1 aromatic carbocycles. The van der Waals surface area contributed by atoms with Crippen LogP contribution in [0, 0.1) is 24.0 Å². The van der Waals surface area contributed by atoms with Gasteiger partial charge in [0.2, 0.25) is 0 Å². The van der Waals surface area contributed by atoms with Gasteiger partial charge >= 0.3 is 5.97 Å². The molecule has 120 valence electrons. The van der Waals surface area contributed by atoms with E-state index in [-0.39, 0.29) is 29.3 Å². The number of hydrogen-bond donors (Lipinski definition) is 1. The predicted octanol–water partition coefficient (Wildman–Crippen LogP) is 2.95. The summed E-state index contributed by atoms with van der Waals surface area (Å²) < 4.78 is 4.94. The second kappa shape index (κ2) is 6.43. The number of H-pyrrole nitrogens is 1. The number of carbonyl (C=O) groups is 2. The van der Waals surface area contributed by atoms with Gasteiger partial charge in [0.1, 0.15) is 5.69 Å². The molecule has 0 aliphatic rings. The number of nitrogens with one attached hydrogen (secondary N) is 1. The summed E-state index contributed by atoms with van der Waals surface area (Å²) in [5, 5.41) is 10.8. The van der Waals surface area contributed by atoms with E-state index in [1.807, 2.05) is 0 Å². The Morgan fingerprint density at radius 3 is 2.61 bits per heavy atom. The van der Waals surface area contributed by atoms with Crippen molar-refractivity contribution in [1.82, 2.24) is 4.98 Å². The highest BCUT2D eigenvalue weighted by molar-refractivity contribution is 6.12. The third-order valence-corrected chi connectivity index (χ3v) is 3.46. The monoisotopic (exact) mass is 316 g/mol. The number of aromatic amines is 1. The number of aromatic nitrogens is 1. The number of ketones is 1. The molecule has 1 aromatic heterocycles. The summed E-state index contributed by atoms with van der Waals surface area (Å²) >= 11 is 0. The average Bonchev–Trinajstić information content (AvgIpc) is 2.82. The van der Waals surface area contributed by atoms with Gasteiger partial charge in [0.25, 0.3) is 5.69 Å². The lowest BCUT2D eigenvalue weighted by molar-refractivity contribution is -0.384. The van der Waals surface area contributed by atoms with E-state index in [9.17, 15) is 19.7 Å². The Hall–Kier alpha value is -2.96. The fourth-order valence-electron chi connectivity index (χ4n) is 2.40. The van der Waals surface area contributed by atoms with Crippen LogP contribution in [0.25, 0.3) is 0 Å². The molecule has 0 amide bonds. The summed E-state index contributed by atoms with van der Waals surface area (Å²) in [7, 11) is 0. The summed E-state index contributed by atoms with van der Waals surface area (Å²) in [6.07, 6.45) is 0. The molecule has 0 atom stereocenters. The van der Waals surface area contributed by atoms with Gasteiger partial charge in [0.15, 0.2) is 5.78 Å². The second-order valence-corrected chi connectivity index (χ2v) is 4.98. The molecular weight excluding hydrogens is 300 g/mol. The van der Waals surface area contributed by atoms with E-state index in [1.165, 1.54) is 24.3 Å². The first-order chi connectivity index (χ1) is 10.9. The molecule has 0 fully saturated rings. The van der Waals surface area contributed by atoms with Gasteiger partial charge in [-0.25, -0.2) is 4.79 Å². The first-order valence-corrected chi connectivity index (χ1v) is 7.02. The van der Waals surface area contributed by atoms with Gasteiger partial charge in [0.05, 0.1) is 11.5 Å². The molecule has 0 saturated carbocycles. The van der Waals surface area contributed by atoms with Gasteiger partial charge in [-0.3, -0.25) is 14.9 Å². The van der Waals surface area contributed by atoms with Gasteiger partial charge in [-0.1, -0.05) is 12.1 Å². The van der Waals surface area contributed by atoms with Crippen molar-refractivity contribution in [3.8, 4) is 0 Å². The number of hydrogen-bond acceptors (Lipinski definition) is 5. The van der Waals surface area contributed by atoms with Gasteiger partial charge in [-0.15, -0.1) is 0 Å². The van der Waals surface area contributed by atoms with E-state index in [0.29, 0.717) is 16.8 Å². The van der Waals surface area contributed by atoms with Crippen LogP contribution in [0.3, 0.4) is 0 Å². The zero-order valence-corrected chi connectivity index (χ0v) is 13.0. The molecule has 0 aliphatic carbocycles. The molecule has 0 saturated heterocycles. The number of benzene rings is 1. The largest absolute Gasteiger partial charge is 0.461 e. The maximum Gasteiger partial charge on any atom is 0.355 e. The molecule has 0 aliphatic heterocycles. The molecule has 7 heteroatoms. The van der Waals surface area contributed by atoms with E-state index in [2.05, 4.69) is 4.98 Å². The van der Waals surface area contributed by atoms with Crippen LogP contribution in [0.1, 0.15) is 44.6 Å². The number of nitrogens with zero attached hydrogens (tertiary/aromatic N) is 1. The molecule has 23 heavy (non-hydrogen) atoms. The zero-order chi connectivity index (χ0) is 17.1. The number of nitro benzene ring substituents is 1. The lowest BCUT2D eigenvalue weighted by Crippen LogP contribution is -2.08. The standard InChI is InChI=1S/C16H16N2O5/c1-4-23-16(20)14-9(2)13(10(3)17-14)15(19)11-6-5-7-12(8-11)18(21)22/h5-8,17H,4H2,1-3H3. The predicted molar refractivity (Wildman–Crippen MR) is 82.8 cm³/mol. The number of aryl methyl sites for hydroxylation is 1. The maximum atomic E-state index is 12.7. The van der Waals surface area contributed by atoms with Crippen LogP contribution >= 0.6 is 0 Å². The Bertz CT molecular complexity index is 792. The van der Waals surface area contributed by atoms with Crippen molar-refractivity contribution in [2.45, 2.75) is 20.8 Å². The summed E-state index contributed by atoms with van der Waals surface area (Å²) in [6, 6.07) is 5.50. The molecule has 1 N–H and O–H groups in total. The minimum atomic E-state index is -0.558. The molecule has 2 aromatic rings. The van der Waals surface area contributed by atoms with E-state index in [0.717, 1.165) is 0 Å². The number of rotatable bonds is 5. The van der Waals surface area contributed by atoms with E-state index in [4.69, 9.17) is 4.74 Å². The topological polar surface area (TPSA) is 102 Å². The first kappa shape index (κ1) is 16.4. The Morgan fingerprint density at radius 2 is 2.00 bits per heavy atom. The number of nitro groups is 1. The van der Waals surface area contributed by atoms with Crippen LogP contribution in [-0.4, -0.2) is 28.3 Å². The minimum absolute atomic E-state index is 0.160. The maximum absolute atomic E-state index is 12.7. The van der Waals surface area contributed by atoms with Crippen molar-refractivity contribution in [3.63, 3.8) is 0 Å². The Morgan fingerprint density at radius 1 is 1.30 bits per heavy atom. The van der Waals surface area contributed by atoms with Crippen LogP contribution in [0.4, 0.5) is 5.69 Å². The average molecular weight is 316 g/mol. The highest BCUT2D eigenvalue weighted by Crippen LogP contribution is 2.24. The van der Waals surface area contributed by atoms with Gasteiger partial charge < -0.3 is 9.72 Å². The number of ether oxygens (including phenoxy) is 1. The minimum Gasteiger partial charge on any atom is -0.461 e. The van der Waals surface area contributed by atoms with Crippen molar-refractivity contribution < 1.29 is 19.2 Å². The fraction of sp³-hybridized carbons (Fsp3) is 0.250. The summed E-state index contributed by atoms with van der Waals surface area (Å²) in [6.45, 7) is 5.23. The molecule has 7 nitrogen and oxygen atoms in total. The molecule has 0 spiro atoms. The Balaban J connectivity index is 2.46. The molecule has 0 unspecified atom stereocenters. The van der Waals surface area contributed by atoms with E-state index in [1.54, 1.807) is 20.8 Å². The smallest absolute Gasteiger partial charge is 0.355 e. The molecule has 2 rings (SSSR count). The van der Waals surface area contributed by atoms with Gasteiger partial charge in [0, 0.05) is 29.0 Å². The number of non-ortho nitro benzene ring substituents is 1. The van der Waals surface area contributed by atoms with Gasteiger partial charge in [-0.05, 0) is 26.3 Å². The highest BCUT2D eigenvalue weighted by atomic mass is 16.6. The van der Waals surface area contributed by atoms with Crippen LogP contribution < -0.4 is 0 Å².